The van der Waals surface area contributed by atoms with E-state index in [1.165, 1.54) is 31.2 Å². The fraction of sp³-hybridized carbons (Fsp3) is 0.273. The number of nitrogens with zero attached hydrogens (tertiary/aromatic N) is 3. The maximum atomic E-state index is 12.6. The number of hydrogen-bond donors (Lipinski definition) is 1. The number of pyridine rings is 2. The number of carbonyl (C=O) groups excluding carboxylic acids is 2. The van der Waals surface area contributed by atoms with Crippen LogP contribution in [0.2, 0.25) is 0 Å². The van der Waals surface area contributed by atoms with Crippen LogP contribution in [0.1, 0.15) is 22.5 Å². The number of ether oxygens (including phenoxy) is 2. The van der Waals surface area contributed by atoms with E-state index < -0.39 is 12.3 Å². The van der Waals surface area contributed by atoms with Crippen LogP contribution in [0.4, 0.5) is 8.78 Å². The van der Waals surface area contributed by atoms with Crippen molar-refractivity contribution in [3.63, 3.8) is 0 Å². The summed E-state index contributed by atoms with van der Waals surface area (Å²) in [5, 5.41) is 3.36. The highest BCUT2D eigenvalue weighted by molar-refractivity contribution is 5.96. The summed E-state index contributed by atoms with van der Waals surface area (Å²) in [6.07, 6.45) is -1.53. The average Bonchev–Trinajstić information content (AvgIpc) is 2.78. The molecule has 0 spiro atoms. The van der Waals surface area contributed by atoms with Crippen molar-refractivity contribution in [2.75, 3.05) is 33.9 Å². The summed E-state index contributed by atoms with van der Waals surface area (Å²) in [7, 11) is 3.06. The molecule has 0 aliphatic heterocycles. The molecule has 0 atom stereocenters. The minimum atomic E-state index is -2.59. The molecule has 1 aromatic carbocycles. The summed E-state index contributed by atoms with van der Waals surface area (Å²) in [5.41, 5.74) is 0.569. The first-order valence-electron chi connectivity index (χ1n) is 9.71. The van der Waals surface area contributed by atoms with Crippen molar-refractivity contribution in [2.45, 2.75) is 6.43 Å². The smallest absolute Gasteiger partial charge is 0.272 e. The van der Waals surface area contributed by atoms with E-state index >= 15 is 0 Å². The monoisotopic (exact) mass is 444 g/mol. The fourth-order valence-electron chi connectivity index (χ4n) is 2.82. The first-order valence-corrected chi connectivity index (χ1v) is 9.71. The standard InChI is InChI=1S/C22H22F2N4O4/c1-28(13-19(29)25-9-10-31-2)22(30)18-6-3-14-11-16(5-7-17(14)27-18)32-20-8-4-15(12-26-20)21(23)24/h3-8,11-12,21H,9-10,13H2,1-2H3,(H,25,29). The van der Waals surface area contributed by atoms with E-state index in [1.807, 2.05) is 0 Å². The molecule has 32 heavy (non-hydrogen) atoms. The van der Waals surface area contributed by atoms with Crippen LogP contribution in [0, 0.1) is 0 Å². The van der Waals surface area contributed by atoms with Gasteiger partial charge in [-0.25, -0.2) is 18.7 Å². The van der Waals surface area contributed by atoms with Crippen molar-refractivity contribution in [3.8, 4) is 11.6 Å². The molecule has 0 fully saturated rings. The lowest BCUT2D eigenvalue weighted by Gasteiger charge is -2.16. The molecule has 8 nitrogen and oxygen atoms in total. The zero-order valence-electron chi connectivity index (χ0n) is 17.5. The second-order valence-corrected chi connectivity index (χ2v) is 6.89. The van der Waals surface area contributed by atoms with Crippen LogP contribution in [0.15, 0.2) is 48.7 Å². The van der Waals surface area contributed by atoms with Gasteiger partial charge in [-0.3, -0.25) is 9.59 Å². The molecular weight excluding hydrogens is 422 g/mol. The molecule has 0 aliphatic rings. The molecule has 1 N–H and O–H groups in total. The first kappa shape index (κ1) is 23.0. The SMILES string of the molecule is COCCNC(=O)CN(C)C(=O)c1ccc2cc(Oc3ccc(C(F)F)cn3)ccc2n1. The molecule has 3 aromatic rings. The van der Waals surface area contributed by atoms with Gasteiger partial charge < -0.3 is 19.7 Å². The number of fused-ring (bicyclic) bond motifs is 1. The van der Waals surface area contributed by atoms with Gasteiger partial charge in [-0.05, 0) is 30.3 Å². The summed E-state index contributed by atoms with van der Waals surface area (Å²) in [5.74, 6) is -0.0625. The average molecular weight is 444 g/mol. The lowest BCUT2D eigenvalue weighted by molar-refractivity contribution is -0.121. The zero-order chi connectivity index (χ0) is 23.1. The van der Waals surface area contributed by atoms with Crippen molar-refractivity contribution >= 4 is 22.7 Å². The molecule has 0 bridgehead atoms. The number of rotatable bonds is 9. The lowest BCUT2D eigenvalue weighted by Crippen LogP contribution is -2.39. The predicted octanol–water partition coefficient (Wildman–Crippen LogP) is 3.19. The number of likely N-dealkylation sites (N-methyl/N-ethyl adjacent to an activating group) is 1. The van der Waals surface area contributed by atoms with Gasteiger partial charge in [0.05, 0.1) is 18.7 Å². The number of hydrogen-bond acceptors (Lipinski definition) is 6. The van der Waals surface area contributed by atoms with Gasteiger partial charge >= 0.3 is 0 Å². The molecular formula is C22H22F2N4O4. The third kappa shape index (κ3) is 5.94. The highest BCUT2D eigenvalue weighted by Gasteiger charge is 2.17. The summed E-state index contributed by atoms with van der Waals surface area (Å²) in [6, 6.07) is 10.9. The van der Waals surface area contributed by atoms with Gasteiger partial charge in [-0.15, -0.1) is 0 Å². The third-order valence-electron chi connectivity index (χ3n) is 4.47. The van der Waals surface area contributed by atoms with Crippen LogP contribution in [-0.4, -0.2) is 60.5 Å². The molecule has 0 saturated heterocycles. The Bertz CT molecular complexity index is 1090. The van der Waals surface area contributed by atoms with Crippen LogP contribution in [0.3, 0.4) is 0 Å². The molecule has 10 heteroatoms. The zero-order valence-corrected chi connectivity index (χ0v) is 17.5. The lowest BCUT2D eigenvalue weighted by atomic mass is 10.2. The van der Waals surface area contributed by atoms with Gasteiger partial charge in [0.1, 0.15) is 11.4 Å². The topological polar surface area (TPSA) is 93.7 Å². The molecule has 0 saturated carbocycles. The number of methoxy groups -OCH3 is 1. The first-order chi connectivity index (χ1) is 15.4. The highest BCUT2D eigenvalue weighted by Crippen LogP contribution is 2.26. The Labute approximate surface area is 183 Å². The van der Waals surface area contributed by atoms with Crippen LogP contribution >= 0.6 is 0 Å². The minimum Gasteiger partial charge on any atom is -0.439 e. The van der Waals surface area contributed by atoms with E-state index in [-0.39, 0.29) is 29.6 Å². The van der Waals surface area contributed by atoms with Crippen molar-refractivity contribution in [1.82, 2.24) is 20.2 Å². The van der Waals surface area contributed by atoms with Gasteiger partial charge in [-0.2, -0.15) is 0 Å². The van der Waals surface area contributed by atoms with Gasteiger partial charge in [0.25, 0.3) is 12.3 Å². The van der Waals surface area contributed by atoms with Crippen molar-refractivity contribution in [2.24, 2.45) is 0 Å². The number of aromatic nitrogens is 2. The molecule has 3 rings (SSSR count). The van der Waals surface area contributed by atoms with Crippen LogP contribution in [0.5, 0.6) is 11.6 Å². The largest absolute Gasteiger partial charge is 0.439 e. The van der Waals surface area contributed by atoms with Gasteiger partial charge in [0.15, 0.2) is 0 Å². The Balaban J connectivity index is 1.67. The molecule has 0 unspecified atom stereocenters. The quantitative estimate of drug-likeness (QED) is 0.510. The Hall–Kier alpha value is -3.66. The normalized spacial score (nSPS) is 10.9. The van der Waals surface area contributed by atoms with E-state index in [0.717, 1.165) is 6.20 Å². The van der Waals surface area contributed by atoms with Crippen LogP contribution in [-0.2, 0) is 9.53 Å². The van der Waals surface area contributed by atoms with Gasteiger partial charge in [-0.1, -0.05) is 6.07 Å². The number of benzene rings is 1. The Morgan fingerprint density at radius 2 is 1.97 bits per heavy atom. The van der Waals surface area contributed by atoms with E-state index in [4.69, 9.17) is 9.47 Å². The third-order valence-corrected chi connectivity index (χ3v) is 4.47. The molecule has 168 valence electrons. The molecule has 2 heterocycles. The molecule has 2 amide bonds. The number of nitrogens with one attached hydrogen (secondary N) is 1. The Morgan fingerprint density at radius 3 is 2.66 bits per heavy atom. The number of carbonyl (C=O) groups is 2. The van der Waals surface area contributed by atoms with Crippen LogP contribution < -0.4 is 10.1 Å². The number of halogens is 2. The van der Waals surface area contributed by atoms with Crippen molar-refractivity contribution < 1.29 is 27.8 Å². The predicted molar refractivity (Wildman–Crippen MR) is 113 cm³/mol. The Kier molecular flexibility index (Phi) is 7.61. The maximum absolute atomic E-state index is 12.6. The summed E-state index contributed by atoms with van der Waals surface area (Å²) in [4.78, 5) is 34.0. The van der Waals surface area contributed by atoms with Gasteiger partial charge in [0, 0.05) is 43.9 Å². The number of alkyl halides is 2. The van der Waals surface area contributed by atoms with Crippen molar-refractivity contribution in [3.05, 3.63) is 59.9 Å². The molecule has 0 radical (unpaired) electrons. The second kappa shape index (κ2) is 10.6. The van der Waals surface area contributed by atoms with E-state index in [9.17, 15) is 18.4 Å². The summed E-state index contributed by atoms with van der Waals surface area (Å²) >= 11 is 0. The van der Waals surface area contributed by atoms with E-state index in [0.29, 0.717) is 29.8 Å². The van der Waals surface area contributed by atoms with Crippen LogP contribution in [0.25, 0.3) is 10.9 Å². The summed E-state index contributed by atoms with van der Waals surface area (Å²) < 4.78 is 35.7. The molecule has 2 aromatic heterocycles. The van der Waals surface area contributed by atoms with E-state index in [1.54, 1.807) is 30.3 Å². The van der Waals surface area contributed by atoms with Gasteiger partial charge in [0.2, 0.25) is 11.8 Å². The summed E-state index contributed by atoms with van der Waals surface area (Å²) in [6.45, 7) is 0.646. The minimum absolute atomic E-state index is 0.105. The van der Waals surface area contributed by atoms with E-state index in [2.05, 4.69) is 15.3 Å². The second-order valence-electron chi connectivity index (χ2n) is 6.89. The Morgan fingerprint density at radius 1 is 1.16 bits per heavy atom. The maximum Gasteiger partial charge on any atom is 0.272 e. The van der Waals surface area contributed by atoms with Crippen molar-refractivity contribution in [1.29, 1.82) is 0 Å². The molecule has 0 aliphatic carbocycles. The highest BCUT2D eigenvalue weighted by atomic mass is 19.3. The fourth-order valence-corrected chi connectivity index (χ4v) is 2.82. The number of amides is 2.